The van der Waals surface area contributed by atoms with Gasteiger partial charge in [-0.2, -0.15) is 5.26 Å². The molecule has 0 rings (SSSR count). The van der Waals surface area contributed by atoms with Gasteiger partial charge in [-0.1, -0.05) is 51.2 Å². The molecule has 0 aromatic heterocycles. The van der Waals surface area contributed by atoms with E-state index in [-0.39, 0.29) is 18.2 Å². The summed E-state index contributed by atoms with van der Waals surface area (Å²) in [7, 11) is 0. The number of nitrogens with zero attached hydrogens (tertiary/aromatic N) is 1. The minimum absolute atomic E-state index is 0.0419. The van der Waals surface area contributed by atoms with Gasteiger partial charge in [-0.25, -0.2) is 23.5 Å². The zero-order chi connectivity index (χ0) is 16.1. The van der Waals surface area contributed by atoms with Crippen molar-refractivity contribution in [2.75, 3.05) is 5.75 Å². The van der Waals surface area contributed by atoms with Crippen LogP contribution < -0.4 is 0 Å². The van der Waals surface area contributed by atoms with Crippen LogP contribution in [0.3, 0.4) is 0 Å². The first-order valence-corrected chi connectivity index (χ1v) is 10.2. The molecule has 0 aromatic carbocycles. The zero-order valence-corrected chi connectivity index (χ0v) is 15.9. The standard InChI is InChI=1S/C15H29NO2S3/c1-3-4-5-6-7-8-11-20-14(19)21-15(2,12-16)10-9-13(17)18/h3-11,20-21H2,1-2H3,(H,17,18). The average Bonchev–Trinajstić information content (AvgIpc) is 2.44. The summed E-state index contributed by atoms with van der Waals surface area (Å²) in [6, 6.07) is 2.26. The van der Waals surface area contributed by atoms with Gasteiger partial charge in [0.25, 0.3) is 0 Å². The van der Waals surface area contributed by atoms with E-state index in [1.165, 1.54) is 38.5 Å². The van der Waals surface area contributed by atoms with Gasteiger partial charge in [-0.3, -0.25) is 4.79 Å². The average molecular weight is 352 g/mol. The lowest BCUT2D eigenvalue weighted by molar-refractivity contribution is -0.137. The maximum Gasteiger partial charge on any atom is 0.303 e. The summed E-state index contributed by atoms with van der Waals surface area (Å²) < 4.78 is 0.377. The summed E-state index contributed by atoms with van der Waals surface area (Å²) in [5, 5.41) is 18.0. The van der Waals surface area contributed by atoms with E-state index in [4.69, 9.17) is 17.3 Å². The minimum atomic E-state index is -0.846. The van der Waals surface area contributed by atoms with Crippen molar-refractivity contribution in [3.63, 3.8) is 0 Å². The van der Waals surface area contributed by atoms with Crippen molar-refractivity contribution in [2.45, 2.75) is 70.0 Å². The van der Waals surface area contributed by atoms with Crippen molar-refractivity contribution >= 4 is 45.2 Å². The van der Waals surface area contributed by atoms with Crippen molar-refractivity contribution in [3.05, 3.63) is 0 Å². The predicted molar refractivity (Wildman–Crippen MR) is 102 cm³/mol. The SMILES string of the molecule is CCCCCCCC[SH2]C(=S)[SH2]C(C)(C#N)CCC(=O)O. The molecule has 124 valence electrons. The lowest BCUT2D eigenvalue weighted by Crippen LogP contribution is -2.20. The van der Waals surface area contributed by atoms with Crippen LogP contribution in [0.1, 0.15) is 65.2 Å². The highest BCUT2D eigenvalue weighted by Gasteiger charge is 2.24. The van der Waals surface area contributed by atoms with Crippen molar-refractivity contribution in [3.8, 4) is 6.07 Å². The summed E-state index contributed by atoms with van der Waals surface area (Å²) >= 11 is 6.31. The smallest absolute Gasteiger partial charge is 0.303 e. The molecule has 0 heterocycles. The molecule has 0 saturated carbocycles. The van der Waals surface area contributed by atoms with Crippen LogP contribution in [0.5, 0.6) is 0 Å². The fraction of sp³-hybridized carbons (Fsp3) is 0.800. The van der Waals surface area contributed by atoms with E-state index in [1.54, 1.807) is 0 Å². The zero-order valence-electron chi connectivity index (χ0n) is 13.1. The van der Waals surface area contributed by atoms with E-state index in [0.29, 0.717) is 18.2 Å². The number of carboxylic acids is 1. The molecule has 1 unspecified atom stereocenters. The first-order chi connectivity index (χ1) is 9.93. The van der Waals surface area contributed by atoms with Crippen molar-refractivity contribution < 1.29 is 9.90 Å². The van der Waals surface area contributed by atoms with E-state index in [2.05, 4.69) is 13.0 Å². The molecule has 0 aliphatic carbocycles. The third kappa shape index (κ3) is 12.0. The number of hydrogen-bond donors (Lipinski definition) is 1. The fourth-order valence-electron chi connectivity index (χ4n) is 1.91. The molecular weight excluding hydrogens is 322 g/mol. The molecule has 0 saturated heterocycles. The van der Waals surface area contributed by atoms with Crippen molar-refractivity contribution in [1.82, 2.24) is 0 Å². The van der Waals surface area contributed by atoms with E-state index in [9.17, 15) is 10.1 Å². The predicted octanol–water partition coefficient (Wildman–Crippen LogP) is 4.17. The molecule has 0 aliphatic rings. The Balaban J connectivity index is 3.85. The third-order valence-corrected chi connectivity index (χ3v) is 7.00. The van der Waals surface area contributed by atoms with Gasteiger partial charge in [0, 0.05) is 6.42 Å². The van der Waals surface area contributed by atoms with Gasteiger partial charge in [-0.05, 0) is 25.5 Å². The summed E-state index contributed by atoms with van der Waals surface area (Å²) in [6.07, 6.45) is 8.15. The molecule has 0 radical (unpaired) electrons. The van der Waals surface area contributed by atoms with Gasteiger partial charge in [0.15, 0.2) is 0 Å². The first-order valence-electron chi connectivity index (χ1n) is 7.62. The Morgan fingerprint density at radius 3 is 2.48 bits per heavy atom. The second-order valence-corrected chi connectivity index (χ2v) is 10.3. The van der Waals surface area contributed by atoms with E-state index < -0.39 is 10.7 Å². The number of carbonyl (C=O) groups is 1. The second-order valence-electron chi connectivity index (χ2n) is 5.49. The van der Waals surface area contributed by atoms with E-state index >= 15 is 0 Å². The highest BCUT2D eigenvalue weighted by Crippen LogP contribution is 2.34. The van der Waals surface area contributed by atoms with Crippen LogP contribution in [0.2, 0.25) is 0 Å². The highest BCUT2D eigenvalue weighted by atomic mass is 32.2. The van der Waals surface area contributed by atoms with Gasteiger partial charge in [0.05, 0.1) is 14.3 Å². The van der Waals surface area contributed by atoms with Gasteiger partial charge < -0.3 is 5.11 Å². The number of aliphatic carboxylic acids is 1. The molecule has 6 heteroatoms. The van der Waals surface area contributed by atoms with Gasteiger partial charge in [0.2, 0.25) is 0 Å². The fourth-order valence-corrected chi connectivity index (χ4v) is 5.90. The molecule has 0 amide bonds. The summed E-state index contributed by atoms with van der Waals surface area (Å²) in [6.45, 7) is 4.05. The van der Waals surface area contributed by atoms with E-state index in [0.717, 1.165) is 9.28 Å². The molecular formula is C15H29NO2S3. The number of unbranched alkanes of at least 4 members (excludes halogenated alkanes) is 5. The van der Waals surface area contributed by atoms with Gasteiger partial charge in [0.1, 0.15) is 0 Å². The van der Waals surface area contributed by atoms with Crippen LogP contribution in [-0.2, 0) is 4.79 Å². The molecule has 1 atom stereocenters. The van der Waals surface area contributed by atoms with Crippen molar-refractivity contribution in [1.29, 1.82) is 5.26 Å². The number of hydrogen-bond acceptors (Lipinski definition) is 3. The van der Waals surface area contributed by atoms with Crippen LogP contribution in [-0.4, -0.2) is 25.1 Å². The quantitative estimate of drug-likeness (QED) is 0.448. The molecule has 0 spiro atoms. The Bertz CT molecular complexity index is 368. The topological polar surface area (TPSA) is 61.1 Å². The van der Waals surface area contributed by atoms with Gasteiger partial charge >= 0.3 is 5.97 Å². The summed E-state index contributed by atoms with van der Waals surface area (Å²) in [4.78, 5) is 10.6. The van der Waals surface area contributed by atoms with Crippen LogP contribution in [0.4, 0.5) is 0 Å². The minimum Gasteiger partial charge on any atom is -0.481 e. The first kappa shape index (κ1) is 20.8. The molecule has 0 aliphatic heterocycles. The molecule has 3 nitrogen and oxygen atoms in total. The molecule has 0 aromatic rings. The number of nitriles is 1. The molecule has 21 heavy (non-hydrogen) atoms. The Morgan fingerprint density at radius 2 is 1.90 bits per heavy atom. The number of rotatable bonds is 11. The van der Waals surface area contributed by atoms with E-state index in [1.807, 2.05) is 6.92 Å². The maximum atomic E-state index is 10.6. The Morgan fingerprint density at radius 1 is 1.29 bits per heavy atom. The Labute approximate surface area is 142 Å². The van der Waals surface area contributed by atoms with Crippen LogP contribution in [0, 0.1) is 11.3 Å². The monoisotopic (exact) mass is 351 g/mol. The number of carboxylic acid groups (broad SMARTS) is 1. The van der Waals surface area contributed by atoms with Crippen LogP contribution in [0.25, 0.3) is 0 Å². The Hall–Kier alpha value is -0.250. The van der Waals surface area contributed by atoms with Crippen LogP contribution in [0.15, 0.2) is 0 Å². The number of thiocarbonyl (C=S) groups is 1. The van der Waals surface area contributed by atoms with Crippen LogP contribution >= 0.6 is 35.7 Å². The third-order valence-electron chi connectivity index (χ3n) is 3.29. The Kier molecular flexibility index (Phi) is 12.2. The largest absolute Gasteiger partial charge is 0.481 e. The maximum absolute atomic E-state index is 10.6. The highest BCUT2D eigenvalue weighted by molar-refractivity contribution is 8.47. The molecule has 0 fully saturated rings. The molecule has 0 bridgehead atoms. The lowest BCUT2D eigenvalue weighted by Gasteiger charge is -2.23. The van der Waals surface area contributed by atoms with Crippen molar-refractivity contribution in [2.24, 2.45) is 0 Å². The lowest BCUT2D eigenvalue weighted by atomic mass is 10.1. The second kappa shape index (κ2) is 12.3. The normalized spacial score (nSPS) is 15.3. The van der Waals surface area contributed by atoms with Gasteiger partial charge in [-0.15, -0.1) is 0 Å². The summed E-state index contributed by atoms with van der Waals surface area (Å²) in [5.74, 6) is 0.278. The summed E-state index contributed by atoms with van der Waals surface area (Å²) in [5.41, 5.74) is 0. The molecule has 1 N–H and O–H groups in total.